The van der Waals surface area contributed by atoms with Gasteiger partial charge in [-0.15, -0.1) is 0 Å². The van der Waals surface area contributed by atoms with Crippen LogP contribution in [0.2, 0.25) is 5.02 Å². The summed E-state index contributed by atoms with van der Waals surface area (Å²) in [5.74, 6) is -0.458. The molecule has 0 aliphatic carbocycles. The zero-order valence-corrected chi connectivity index (χ0v) is 14.1. The number of benzene rings is 1. The molecule has 21 heavy (non-hydrogen) atoms. The van der Waals surface area contributed by atoms with Crippen molar-refractivity contribution in [2.45, 2.75) is 4.90 Å². The van der Waals surface area contributed by atoms with E-state index in [0.717, 1.165) is 0 Å². The van der Waals surface area contributed by atoms with Crippen molar-refractivity contribution in [1.82, 2.24) is 4.98 Å². The second-order valence-corrected chi connectivity index (χ2v) is 7.67. The summed E-state index contributed by atoms with van der Waals surface area (Å²) in [6.45, 7) is 0. The van der Waals surface area contributed by atoms with E-state index in [4.69, 9.17) is 22.3 Å². The van der Waals surface area contributed by atoms with Gasteiger partial charge in [-0.25, -0.2) is 13.4 Å². The van der Waals surface area contributed by atoms with Gasteiger partial charge in [-0.2, -0.15) is 0 Å². The molecule has 0 unspecified atom stereocenters. The fraction of sp³-hybridized carbons (Fsp3) is 0. The SMILES string of the molecule is O=C(Nc1ccc(S(=O)(=O)Cl)c(Cl)c1)c1ncccc1Br. The molecule has 110 valence electrons. The molecule has 0 saturated heterocycles. The number of aromatic nitrogens is 1. The van der Waals surface area contributed by atoms with Crippen LogP contribution in [-0.2, 0) is 9.05 Å². The largest absolute Gasteiger partial charge is 0.321 e. The van der Waals surface area contributed by atoms with E-state index in [9.17, 15) is 13.2 Å². The Labute approximate surface area is 138 Å². The van der Waals surface area contributed by atoms with Crippen molar-refractivity contribution in [2.24, 2.45) is 0 Å². The highest BCUT2D eigenvalue weighted by molar-refractivity contribution is 9.10. The van der Waals surface area contributed by atoms with Gasteiger partial charge in [0.05, 0.1) is 5.02 Å². The number of hydrogen-bond donors (Lipinski definition) is 1. The van der Waals surface area contributed by atoms with Crippen LogP contribution in [0, 0.1) is 0 Å². The number of pyridine rings is 1. The van der Waals surface area contributed by atoms with Crippen LogP contribution in [0.1, 0.15) is 10.5 Å². The zero-order chi connectivity index (χ0) is 15.6. The second kappa shape index (κ2) is 6.31. The van der Waals surface area contributed by atoms with E-state index in [1.165, 1.54) is 24.4 Å². The minimum absolute atomic E-state index is 0.0807. The molecule has 2 aromatic rings. The van der Waals surface area contributed by atoms with Crippen molar-refractivity contribution < 1.29 is 13.2 Å². The Bertz CT molecular complexity index is 812. The number of carbonyl (C=O) groups is 1. The van der Waals surface area contributed by atoms with Crippen molar-refractivity contribution >= 4 is 58.9 Å². The molecule has 5 nitrogen and oxygen atoms in total. The third kappa shape index (κ3) is 3.94. The molecule has 0 radical (unpaired) electrons. The van der Waals surface area contributed by atoms with Gasteiger partial charge < -0.3 is 5.32 Å². The maximum atomic E-state index is 12.0. The molecule has 2 rings (SSSR count). The van der Waals surface area contributed by atoms with Crippen molar-refractivity contribution in [3.63, 3.8) is 0 Å². The van der Waals surface area contributed by atoms with E-state index in [0.29, 0.717) is 10.2 Å². The maximum Gasteiger partial charge on any atom is 0.275 e. The minimum Gasteiger partial charge on any atom is -0.321 e. The summed E-state index contributed by atoms with van der Waals surface area (Å²) in [5.41, 5.74) is 0.522. The van der Waals surface area contributed by atoms with Crippen molar-refractivity contribution in [3.8, 4) is 0 Å². The Kier molecular flexibility index (Phi) is 4.88. The highest BCUT2D eigenvalue weighted by Gasteiger charge is 2.16. The third-order valence-electron chi connectivity index (χ3n) is 2.43. The number of rotatable bonds is 3. The first-order valence-corrected chi connectivity index (χ1v) is 8.93. The Morgan fingerprint density at radius 3 is 2.57 bits per heavy atom. The molecule has 0 aliphatic rings. The normalized spacial score (nSPS) is 11.2. The number of halogens is 3. The van der Waals surface area contributed by atoms with E-state index in [-0.39, 0.29) is 15.6 Å². The van der Waals surface area contributed by atoms with Gasteiger partial charge in [0, 0.05) is 27.0 Å². The average Bonchev–Trinajstić information content (AvgIpc) is 2.37. The molecule has 9 heteroatoms. The molecule has 0 saturated carbocycles. The topological polar surface area (TPSA) is 76.1 Å². The second-order valence-electron chi connectivity index (χ2n) is 3.87. The van der Waals surface area contributed by atoms with E-state index < -0.39 is 15.0 Å². The Morgan fingerprint density at radius 2 is 2.00 bits per heavy atom. The smallest absolute Gasteiger partial charge is 0.275 e. The van der Waals surface area contributed by atoms with Gasteiger partial charge >= 0.3 is 0 Å². The predicted molar refractivity (Wildman–Crippen MR) is 84.4 cm³/mol. The van der Waals surface area contributed by atoms with E-state index in [1.807, 2.05) is 0 Å². The van der Waals surface area contributed by atoms with E-state index >= 15 is 0 Å². The summed E-state index contributed by atoms with van der Waals surface area (Å²) in [6.07, 6.45) is 1.48. The van der Waals surface area contributed by atoms with Crippen LogP contribution < -0.4 is 5.32 Å². The molecule has 0 bridgehead atoms. The highest BCUT2D eigenvalue weighted by atomic mass is 79.9. The quantitative estimate of drug-likeness (QED) is 0.784. The molecule has 1 aromatic carbocycles. The molecule has 0 atom stereocenters. The number of nitrogens with one attached hydrogen (secondary N) is 1. The zero-order valence-electron chi connectivity index (χ0n) is 10.2. The minimum atomic E-state index is -3.93. The summed E-state index contributed by atoms with van der Waals surface area (Å²) in [7, 11) is 1.29. The first-order chi connectivity index (χ1) is 9.79. The fourth-order valence-electron chi connectivity index (χ4n) is 1.52. The van der Waals surface area contributed by atoms with Crippen LogP contribution >= 0.6 is 38.2 Å². The summed E-state index contributed by atoms with van der Waals surface area (Å²) in [4.78, 5) is 15.8. The third-order valence-corrected chi connectivity index (χ3v) is 4.87. The number of carbonyl (C=O) groups excluding carboxylic acids is 1. The van der Waals surface area contributed by atoms with Gasteiger partial charge in [-0.1, -0.05) is 11.6 Å². The molecular weight excluding hydrogens is 403 g/mol. The van der Waals surface area contributed by atoms with Crippen LogP contribution in [-0.4, -0.2) is 19.3 Å². The molecule has 1 aromatic heterocycles. The monoisotopic (exact) mass is 408 g/mol. The molecule has 0 spiro atoms. The first kappa shape index (κ1) is 16.2. The number of hydrogen-bond acceptors (Lipinski definition) is 4. The maximum absolute atomic E-state index is 12.0. The van der Waals surface area contributed by atoms with Crippen molar-refractivity contribution in [2.75, 3.05) is 5.32 Å². The van der Waals surface area contributed by atoms with Crippen LogP contribution in [0.5, 0.6) is 0 Å². The van der Waals surface area contributed by atoms with Crippen LogP contribution in [0.25, 0.3) is 0 Å². The lowest BCUT2D eigenvalue weighted by Crippen LogP contribution is -2.14. The standard InChI is InChI=1S/C12H7BrCl2N2O3S/c13-8-2-1-5-16-11(8)12(18)17-7-3-4-10(9(14)6-7)21(15,19)20/h1-6H,(H,17,18). The lowest BCUT2D eigenvalue weighted by atomic mass is 10.3. The Morgan fingerprint density at radius 1 is 1.29 bits per heavy atom. The van der Waals surface area contributed by atoms with Gasteiger partial charge in [0.2, 0.25) is 0 Å². The van der Waals surface area contributed by atoms with Crippen LogP contribution in [0.3, 0.4) is 0 Å². The van der Waals surface area contributed by atoms with Crippen molar-refractivity contribution in [3.05, 3.63) is 51.7 Å². The van der Waals surface area contributed by atoms with Crippen LogP contribution in [0.4, 0.5) is 5.69 Å². The average molecular weight is 410 g/mol. The predicted octanol–water partition coefficient (Wildman–Crippen LogP) is 3.68. The lowest BCUT2D eigenvalue weighted by molar-refractivity contribution is 0.102. The van der Waals surface area contributed by atoms with Gasteiger partial charge in [0.1, 0.15) is 10.6 Å². The molecule has 0 aliphatic heterocycles. The highest BCUT2D eigenvalue weighted by Crippen LogP contribution is 2.28. The number of nitrogens with zero attached hydrogens (tertiary/aromatic N) is 1. The molecule has 1 heterocycles. The Balaban J connectivity index is 2.27. The summed E-state index contributed by atoms with van der Waals surface area (Å²) < 4.78 is 23.0. The van der Waals surface area contributed by atoms with E-state index in [2.05, 4.69) is 26.2 Å². The molecule has 1 N–H and O–H groups in total. The van der Waals surface area contributed by atoms with Gasteiger partial charge in [0.15, 0.2) is 0 Å². The summed E-state index contributed by atoms with van der Waals surface area (Å²) in [6, 6.07) is 7.26. The number of amides is 1. The van der Waals surface area contributed by atoms with E-state index in [1.54, 1.807) is 12.1 Å². The summed E-state index contributed by atoms with van der Waals surface area (Å²) >= 11 is 9.05. The van der Waals surface area contributed by atoms with Gasteiger partial charge in [-0.05, 0) is 46.3 Å². The van der Waals surface area contributed by atoms with Crippen LogP contribution in [0.15, 0.2) is 45.9 Å². The fourth-order valence-corrected chi connectivity index (χ4v) is 3.48. The molecule has 1 amide bonds. The first-order valence-electron chi connectivity index (χ1n) is 5.45. The van der Waals surface area contributed by atoms with Gasteiger partial charge in [0.25, 0.3) is 15.0 Å². The lowest BCUT2D eigenvalue weighted by Gasteiger charge is -2.07. The number of anilines is 1. The molecule has 0 fully saturated rings. The molecular formula is C12H7BrCl2N2O3S. The summed E-state index contributed by atoms with van der Waals surface area (Å²) in [5, 5.41) is 2.48. The van der Waals surface area contributed by atoms with Crippen molar-refractivity contribution in [1.29, 1.82) is 0 Å². The Hall–Kier alpha value is -1.15. The van der Waals surface area contributed by atoms with Gasteiger partial charge in [-0.3, -0.25) is 4.79 Å².